The topological polar surface area (TPSA) is 28.2 Å². The van der Waals surface area contributed by atoms with Crippen LogP contribution in [0.1, 0.15) is 19.4 Å². The number of rotatable bonds is 5. The summed E-state index contributed by atoms with van der Waals surface area (Å²) in [6.45, 7) is 6.06. The maximum absolute atomic E-state index is 5.98. The molecule has 1 heterocycles. The second-order valence-electron chi connectivity index (χ2n) is 4.76. The number of aromatic nitrogens is 1. The zero-order chi connectivity index (χ0) is 12.2. The molecule has 0 radical (unpaired) electrons. The van der Waals surface area contributed by atoms with Gasteiger partial charge in [-0.05, 0) is 34.0 Å². The lowest BCUT2D eigenvalue weighted by atomic mass is 10.0. The van der Waals surface area contributed by atoms with Gasteiger partial charge >= 0.3 is 0 Å². The summed E-state index contributed by atoms with van der Waals surface area (Å²) in [4.78, 5) is 6.24. The van der Waals surface area contributed by atoms with Crippen LogP contribution in [0.5, 0.6) is 0 Å². The molecule has 1 N–H and O–H groups in total. The maximum atomic E-state index is 5.98. The molecule has 0 bridgehead atoms. The summed E-state index contributed by atoms with van der Waals surface area (Å²) >= 11 is 5.98. The molecule has 0 fully saturated rings. The average molecular weight is 278 g/mol. The molecule has 98 valence electrons. The molecular formula is C12H21Cl2N3. The molecule has 1 aromatic rings. The normalized spacial score (nSPS) is 11.4. The predicted molar refractivity (Wildman–Crippen MR) is 76.0 cm³/mol. The van der Waals surface area contributed by atoms with E-state index in [2.05, 4.69) is 43.1 Å². The van der Waals surface area contributed by atoms with Crippen LogP contribution < -0.4 is 5.32 Å². The summed E-state index contributed by atoms with van der Waals surface area (Å²) in [5.74, 6) is 0. The number of pyridine rings is 1. The molecule has 0 amide bonds. The maximum Gasteiger partial charge on any atom is 0.133 e. The van der Waals surface area contributed by atoms with Gasteiger partial charge in [0.15, 0.2) is 0 Å². The Labute approximate surface area is 115 Å². The van der Waals surface area contributed by atoms with Crippen molar-refractivity contribution < 1.29 is 0 Å². The lowest BCUT2D eigenvalue weighted by Gasteiger charge is -2.32. The van der Waals surface area contributed by atoms with Crippen LogP contribution in [0.25, 0.3) is 0 Å². The van der Waals surface area contributed by atoms with Crippen molar-refractivity contribution in [2.45, 2.75) is 25.9 Å². The molecule has 1 aromatic heterocycles. The van der Waals surface area contributed by atoms with E-state index < -0.39 is 0 Å². The third kappa shape index (κ3) is 5.21. The Hall–Kier alpha value is -0.350. The zero-order valence-corrected chi connectivity index (χ0v) is 12.4. The zero-order valence-electron chi connectivity index (χ0n) is 10.8. The van der Waals surface area contributed by atoms with Crippen molar-refractivity contribution in [1.82, 2.24) is 15.2 Å². The fourth-order valence-electron chi connectivity index (χ4n) is 1.21. The van der Waals surface area contributed by atoms with E-state index in [4.69, 9.17) is 11.6 Å². The second-order valence-corrected chi connectivity index (χ2v) is 5.12. The van der Waals surface area contributed by atoms with Gasteiger partial charge in [-0.1, -0.05) is 17.7 Å². The van der Waals surface area contributed by atoms with Gasteiger partial charge in [-0.15, -0.1) is 12.4 Å². The van der Waals surface area contributed by atoms with Crippen LogP contribution in [0.15, 0.2) is 18.3 Å². The van der Waals surface area contributed by atoms with Crippen molar-refractivity contribution in [3.05, 3.63) is 29.0 Å². The van der Waals surface area contributed by atoms with E-state index in [1.807, 2.05) is 12.1 Å². The fourth-order valence-corrected chi connectivity index (χ4v) is 1.40. The first-order valence-corrected chi connectivity index (χ1v) is 5.79. The molecule has 5 heteroatoms. The van der Waals surface area contributed by atoms with Gasteiger partial charge in [0.2, 0.25) is 0 Å². The van der Waals surface area contributed by atoms with Gasteiger partial charge in [0.25, 0.3) is 0 Å². The van der Waals surface area contributed by atoms with Crippen molar-refractivity contribution in [2.75, 3.05) is 20.6 Å². The molecule has 0 atom stereocenters. The largest absolute Gasteiger partial charge is 0.311 e. The highest BCUT2D eigenvalue weighted by atomic mass is 35.5. The minimum absolute atomic E-state index is 0. The Bertz CT molecular complexity index is 340. The highest BCUT2D eigenvalue weighted by Crippen LogP contribution is 2.12. The van der Waals surface area contributed by atoms with Gasteiger partial charge in [0.1, 0.15) is 5.15 Å². The van der Waals surface area contributed by atoms with Crippen molar-refractivity contribution in [3.8, 4) is 0 Å². The molecule has 0 unspecified atom stereocenters. The number of hydrogen-bond acceptors (Lipinski definition) is 3. The van der Waals surface area contributed by atoms with E-state index >= 15 is 0 Å². The van der Waals surface area contributed by atoms with E-state index in [0.717, 1.165) is 18.7 Å². The number of nitrogens with zero attached hydrogens (tertiary/aromatic N) is 2. The number of halogens is 2. The Kier molecular flexibility index (Phi) is 7.02. The van der Waals surface area contributed by atoms with Gasteiger partial charge in [-0.2, -0.15) is 0 Å². The van der Waals surface area contributed by atoms with Gasteiger partial charge in [0, 0.05) is 30.4 Å². The quantitative estimate of drug-likeness (QED) is 0.839. The molecule has 0 aliphatic rings. The van der Waals surface area contributed by atoms with Gasteiger partial charge in [-0.3, -0.25) is 0 Å². The van der Waals surface area contributed by atoms with E-state index in [9.17, 15) is 0 Å². The number of hydrogen-bond donors (Lipinski definition) is 1. The lowest BCUT2D eigenvalue weighted by Crippen LogP contribution is -2.46. The van der Waals surface area contributed by atoms with Crippen molar-refractivity contribution in [3.63, 3.8) is 0 Å². The average Bonchev–Trinajstić information content (AvgIpc) is 2.20. The third-order valence-corrected chi connectivity index (χ3v) is 3.26. The minimum Gasteiger partial charge on any atom is -0.311 e. The Balaban J connectivity index is 0.00000256. The van der Waals surface area contributed by atoms with E-state index in [-0.39, 0.29) is 17.9 Å². The van der Waals surface area contributed by atoms with Crippen LogP contribution in [0, 0.1) is 0 Å². The summed E-state index contributed by atoms with van der Waals surface area (Å²) in [6, 6.07) is 3.89. The first kappa shape index (κ1) is 16.6. The molecule has 17 heavy (non-hydrogen) atoms. The van der Waals surface area contributed by atoms with E-state index in [0.29, 0.717) is 5.15 Å². The summed E-state index contributed by atoms with van der Waals surface area (Å²) in [6.07, 6.45) is 1.70. The Morgan fingerprint density at radius 2 is 2.06 bits per heavy atom. The van der Waals surface area contributed by atoms with Crippen molar-refractivity contribution in [1.29, 1.82) is 0 Å². The SMILES string of the molecule is CN(C)C(C)(C)CNCc1cccnc1Cl.Cl. The van der Waals surface area contributed by atoms with Gasteiger partial charge in [0.05, 0.1) is 0 Å². The van der Waals surface area contributed by atoms with Crippen LogP contribution in [0.3, 0.4) is 0 Å². The van der Waals surface area contributed by atoms with Crippen molar-refractivity contribution >= 4 is 24.0 Å². The highest BCUT2D eigenvalue weighted by molar-refractivity contribution is 6.30. The third-order valence-electron chi connectivity index (χ3n) is 2.92. The summed E-state index contributed by atoms with van der Waals surface area (Å²) in [5.41, 5.74) is 1.17. The van der Waals surface area contributed by atoms with E-state index in [1.165, 1.54) is 0 Å². The second kappa shape index (κ2) is 7.17. The van der Waals surface area contributed by atoms with Crippen LogP contribution in [-0.2, 0) is 6.54 Å². The standard InChI is InChI=1S/C12H20ClN3.ClH/c1-12(2,16(3)4)9-14-8-10-6-5-7-15-11(10)13;/h5-7,14H,8-9H2,1-4H3;1H. The van der Waals surface area contributed by atoms with Crippen LogP contribution in [0.2, 0.25) is 5.15 Å². The summed E-state index contributed by atoms with van der Waals surface area (Å²) < 4.78 is 0. The lowest BCUT2D eigenvalue weighted by molar-refractivity contribution is 0.190. The van der Waals surface area contributed by atoms with Crippen LogP contribution >= 0.6 is 24.0 Å². The van der Waals surface area contributed by atoms with Crippen molar-refractivity contribution in [2.24, 2.45) is 0 Å². The van der Waals surface area contributed by atoms with Gasteiger partial charge in [-0.25, -0.2) is 4.98 Å². The summed E-state index contributed by atoms with van der Waals surface area (Å²) in [5, 5.41) is 3.98. The molecule has 0 aromatic carbocycles. The van der Waals surface area contributed by atoms with Crippen LogP contribution in [-0.4, -0.2) is 36.1 Å². The molecule has 0 saturated heterocycles. The summed E-state index contributed by atoms with van der Waals surface area (Å²) in [7, 11) is 4.16. The Morgan fingerprint density at radius 1 is 1.41 bits per heavy atom. The predicted octanol–water partition coefficient (Wildman–Crippen LogP) is 2.59. The molecule has 1 rings (SSSR count). The molecular weight excluding hydrogens is 257 g/mol. The molecule has 0 aliphatic heterocycles. The monoisotopic (exact) mass is 277 g/mol. The fraction of sp³-hybridized carbons (Fsp3) is 0.583. The molecule has 0 saturated carbocycles. The minimum atomic E-state index is 0. The molecule has 3 nitrogen and oxygen atoms in total. The first-order valence-electron chi connectivity index (χ1n) is 5.41. The molecule has 0 spiro atoms. The van der Waals surface area contributed by atoms with E-state index in [1.54, 1.807) is 6.20 Å². The Morgan fingerprint density at radius 3 is 2.59 bits per heavy atom. The number of likely N-dealkylation sites (N-methyl/N-ethyl adjacent to an activating group) is 1. The van der Waals surface area contributed by atoms with Crippen LogP contribution in [0.4, 0.5) is 0 Å². The smallest absolute Gasteiger partial charge is 0.133 e. The number of nitrogens with one attached hydrogen (secondary N) is 1. The van der Waals surface area contributed by atoms with Gasteiger partial charge < -0.3 is 10.2 Å². The molecule has 0 aliphatic carbocycles. The highest BCUT2D eigenvalue weighted by Gasteiger charge is 2.19. The first-order chi connectivity index (χ1) is 7.43.